The highest BCUT2D eigenvalue weighted by Gasteiger charge is 2.35. The Kier molecular flexibility index (Phi) is 7.92. The number of ether oxygens (including phenoxy) is 2. The van der Waals surface area contributed by atoms with Gasteiger partial charge in [0.15, 0.2) is 0 Å². The monoisotopic (exact) mass is 393 g/mol. The summed E-state index contributed by atoms with van der Waals surface area (Å²) in [5, 5.41) is 12.0. The maximum atomic E-state index is 12.7. The van der Waals surface area contributed by atoms with Crippen molar-refractivity contribution in [2.24, 2.45) is 0 Å². The van der Waals surface area contributed by atoms with Crippen LogP contribution in [-0.2, 0) is 11.3 Å². The number of likely N-dealkylation sites (N-methyl/N-ethyl adjacent to an activating group) is 1. The molecule has 1 aromatic carbocycles. The van der Waals surface area contributed by atoms with Gasteiger partial charge in [0.2, 0.25) is 0 Å². The average molecular weight is 393 g/mol. The third kappa shape index (κ3) is 5.51. The topological polar surface area (TPSA) is 91.3 Å². The molecule has 2 amide bonds. The first kappa shape index (κ1) is 21.8. The Morgan fingerprint density at radius 3 is 2.43 bits per heavy atom. The molecule has 156 valence electrons. The molecular weight excluding hydrogens is 362 g/mol. The SMILES string of the molecule is CCN(Cc1ccc(OC)cc1OC)C(=O)NC1CC(N(CC)CC(=O)O)C1. The zero-order chi connectivity index (χ0) is 20.7. The van der Waals surface area contributed by atoms with Crippen LogP contribution >= 0.6 is 0 Å². The van der Waals surface area contributed by atoms with E-state index in [4.69, 9.17) is 14.6 Å². The number of carboxylic acid groups (broad SMARTS) is 1. The molecule has 1 saturated carbocycles. The molecule has 0 radical (unpaired) electrons. The second-order valence-corrected chi connectivity index (χ2v) is 6.92. The number of nitrogens with one attached hydrogen (secondary N) is 1. The minimum absolute atomic E-state index is 0.0418. The van der Waals surface area contributed by atoms with Crippen LogP contribution in [0.5, 0.6) is 11.5 Å². The van der Waals surface area contributed by atoms with E-state index < -0.39 is 5.97 Å². The standard InChI is InChI=1S/C20H31N3O5/c1-5-22(13-19(24)25)16-9-15(10-16)21-20(26)23(6-2)12-14-7-8-17(27-3)11-18(14)28-4/h7-8,11,15-16H,5-6,9-10,12-13H2,1-4H3,(H,21,26)(H,24,25). The van der Waals surface area contributed by atoms with Crippen LogP contribution in [0.1, 0.15) is 32.3 Å². The minimum atomic E-state index is -0.820. The van der Waals surface area contributed by atoms with Gasteiger partial charge >= 0.3 is 12.0 Å². The lowest BCUT2D eigenvalue weighted by Gasteiger charge is -2.42. The van der Waals surface area contributed by atoms with Crippen molar-refractivity contribution in [3.05, 3.63) is 23.8 Å². The van der Waals surface area contributed by atoms with Gasteiger partial charge in [-0.2, -0.15) is 0 Å². The zero-order valence-corrected chi connectivity index (χ0v) is 17.1. The number of benzene rings is 1. The van der Waals surface area contributed by atoms with E-state index in [0.29, 0.717) is 31.1 Å². The Morgan fingerprint density at radius 1 is 1.18 bits per heavy atom. The molecule has 0 spiro atoms. The van der Waals surface area contributed by atoms with Crippen LogP contribution in [-0.4, -0.2) is 72.8 Å². The zero-order valence-electron chi connectivity index (χ0n) is 17.1. The number of amides is 2. The fourth-order valence-electron chi connectivity index (χ4n) is 3.46. The summed E-state index contributed by atoms with van der Waals surface area (Å²) in [4.78, 5) is 27.3. The molecular formula is C20H31N3O5. The van der Waals surface area contributed by atoms with Crippen LogP contribution in [0.4, 0.5) is 4.79 Å². The Hall–Kier alpha value is -2.48. The normalized spacial score (nSPS) is 18.3. The second kappa shape index (κ2) is 10.2. The molecule has 8 nitrogen and oxygen atoms in total. The smallest absolute Gasteiger partial charge is 0.317 e. The predicted molar refractivity (Wildman–Crippen MR) is 106 cm³/mol. The molecule has 2 N–H and O–H groups in total. The summed E-state index contributed by atoms with van der Waals surface area (Å²) >= 11 is 0. The predicted octanol–water partition coefficient (Wildman–Crippen LogP) is 2.17. The summed E-state index contributed by atoms with van der Waals surface area (Å²) < 4.78 is 10.6. The van der Waals surface area contributed by atoms with Crippen LogP contribution < -0.4 is 14.8 Å². The van der Waals surface area contributed by atoms with E-state index in [9.17, 15) is 9.59 Å². The van der Waals surface area contributed by atoms with E-state index >= 15 is 0 Å². The van der Waals surface area contributed by atoms with Crippen LogP contribution in [0.3, 0.4) is 0 Å². The first-order valence-corrected chi connectivity index (χ1v) is 9.63. The van der Waals surface area contributed by atoms with Gasteiger partial charge in [-0.15, -0.1) is 0 Å². The van der Waals surface area contributed by atoms with Gasteiger partial charge in [0.05, 0.1) is 27.3 Å². The molecule has 0 atom stereocenters. The van der Waals surface area contributed by atoms with Crippen molar-refractivity contribution < 1.29 is 24.2 Å². The number of hydrogen-bond donors (Lipinski definition) is 2. The molecule has 0 saturated heterocycles. The van der Waals surface area contributed by atoms with E-state index in [2.05, 4.69) is 5.32 Å². The Morgan fingerprint density at radius 2 is 1.89 bits per heavy atom. The Bertz CT molecular complexity index is 676. The number of rotatable bonds is 10. The lowest BCUT2D eigenvalue weighted by molar-refractivity contribution is -0.139. The van der Waals surface area contributed by atoms with Crippen LogP contribution in [0, 0.1) is 0 Å². The van der Waals surface area contributed by atoms with Crippen molar-refractivity contribution in [1.82, 2.24) is 15.1 Å². The first-order chi connectivity index (χ1) is 13.4. The van der Waals surface area contributed by atoms with E-state index in [1.165, 1.54) is 0 Å². The fraction of sp³-hybridized carbons (Fsp3) is 0.600. The molecule has 1 aliphatic carbocycles. The third-order valence-corrected chi connectivity index (χ3v) is 5.23. The molecule has 8 heteroatoms. The van der Waals surface area contributed by atoms with E-state index in [1.54, 1.807) is 25.2 Å². The maximum Gasteiger partial charge on any atom is 0.317 e. The van der Waals surface area contributed by atoms with Crippen molar-refractivity contribution in [1.29, 1.82) is 0 Å². The van der Waals surface area contributed by atoms with Crippen LogP contribution in [0.15, 0.2) is 18.2 Å². The van der Waals surface area contributed by atoms with Crippen LogP contribution in [0.2, 0.25) is 0 Å². The largest absolute Gasteiger partial charge is 0.497 e. The second-order valence-electron chi connectivity index (χ2n) is 6.92. The number of carboxylic acids is 1. The van der Waals surface area contributed by atoms with Gasteiger partial charge in [-0.25, -0.2) is 4.79 Å². The summed E-state index contributed by atoms with van der Waals surface area (Å²) in [6.07, 6.45) is 1.55. The molecule has 0 unspecified atom stereocenters. The van der Waals surface area contributed by atoms with Gasteiger partial charge < -0.3 is 24.8 Å². The highest BCUT2D eigenvalue weighted by Crippen LogP contribution is 2.27. The highest BCUT2D eigenvalue weighted by molar-refractivity contribution is 5.75. The number of carbonyl (C=O) groups is 2. The molecule has 0 aromatic heterocycles. The molecule has 28 heavy (non-hydrogen) atoms. The van der Waals surface area contributed by atoms with Crippen molar-refractivity contribution in [2.45, 2.75) is 45.3 Å². The summed E-state index contributed by atoms with van der Waals surface area (Å²) in [6, 6.07) is 5.72. The van der Waals surface area contributed by atoms with E-state index in [0.717, 1.165) is 18.4 Å². The summed E-state index contributed by atoms with van der Waals surface area (Å²) in [6.45, 7) is 5.62. The van der Waals surface area contributed by atoms with E-state index in [1.807, 2.05) is 30.9 Å². The van der Waals surface area contributed by atoms with Gasteiger partial charge in [-0.3, -0.25) is 9.69 Å². The molecule has 1 fully saturated rings. The molecule has 1 aromatic rings. The van der Waals surface area contributed by atoms with Gasteiger partial charge in [0.1, 0.15) is 11.5 Å². The summed E-state index contributed by atoms with van der Waals surface area (Å²) in [5.41, 5.74) is 0.908. The Labute approximate surface area is 166 Å². The number of nitrogens with zero attached hydrogens (tertiary/aromatic N) is 2. The minimum Gasteiger partial charge on any atom is -0.497 e. The summed E-state index contributed by atoms with van der Waals surface area (Å²) in [5.74, 6) is 0.567. The highest BCUT2D eigenvalue weighted by atomic mass is 16.5. The molecule has 0 bridgehead atoms. The number of urea groups is 1. The van der Waals surface area contributed by atoms with Gasteiger partial charge in [-0.05, 0) is 38.4 Å². The van der Waals surface area contributed by atoms with Gasteiger partial charge in [-0.1, -0.05) is 6.92 Å². The van der Waals surface area contributed by atoms with Crippen molar-refractivity contribution in [3.8, 4) is 11.5 Å². The molecule has 2 rings (SSSR count). The lowest BCUT2D eigenvalue weighted by Crippen LogP contribution is -2.56. The molecule has 0 aliphatic heterocycles. The lowest BCUT2D eigenvalue weighted by atomic mass is 9.85. The average Bonchev–Trinajstić information content (AvgIpc) is 2.66. The third-order valence-electron chi connectivity index (χ3n) is 5.23. The number of carbonyl (C=O) groups excluding carboxylic acids is 1. The number of hydrogen-bond acceptors (Lipinski definition) is 5. The fourth-order valence-corrected chi connectivity index (χ4v) is 3.46. The molecule has 1 aliphatic rings. The van der Waals surface area contributed by atoms with Crippen molar-refractivity contribution >= 4 is 12.0 Å². The van der Waals surface area contributed by atoms with Crippen LogP contribution in [0.25, 0.3) is 0 Å². The maximum absolute atomic E-state index is 12.7. The van der Waals surface area contributed by atoms with Crippen molar-refractivity contribution in [3.63, 3.8) is 0 Å². The van der Waals surface area contributed by atoms with E-state index in [-0.39, 0.29) is 24.7 Å². The number of methoxy groups -OCH3 is 2. The van der Waals surface area contributed by atoms with Gasteiger partial charge in [0.25, 0.3) is 0 Å². The Balaban J connectivity index is 1.90. The number of aliphatic carboxylic acids is 1. The quantitative estimate of drug-likeness (QED) is 0.633. The summed E-state index contributed by atoms with van der Waals surface area (Å²) in [7, 11) is 3.20. The van der Waals surface area contributed by atoms with Gasteiger partial charge in [0, 0.05) is 30.3 Å². The van der Waals surface area contributed by atoms with Crippen molar-refractivity contribution in [2.75, 3.05) is 33.9 Å². The molecule has 0 heterocycles. The first-order valence-electron chi connectivity index (χ1n) is 9.63.